The molecule has 0 spiro atoms. The van der Waals surface area contributed by atoms with Crippen molar-refractivity contribution in [2.24, 2.45) is 11.8 Å². The number of halogens is 1. The summed E-state index contributed by atoms with van der Waals surface area (Å²) >= 11 is 0. The topological polar surface area (TPSA) is 78.1 Å². The molecule has 3 atom stereocenters. The van der Waals surface area contributed by atoms with Gasteiger partial charge in [-0.2, -0.15) is 5.10 Å². The molecule has 2 N–H and O–H groups in total. The van der Waals surface area contributed by atoms with Gasteiger partial charge in [-0.3, -0.25) is 19.4 Å². The lowest BCUT2D eigenvalue weighted by molar-refractivity contribution is -0.123. The van der Waals surface area contributed by atoms with Crippen LogP contribution in [0.5, 0.6) is 0 Å². The molecule has 1 aromatic rings. The highest BCUT2D eigenvalue weighted by molar-refractivity contribution is 5.92. The minimum atomic E-state index is -0.0558. The maximum absolute atomic E-state index is 12.4. The van der Waals surface area contributed by atoms with Crippen LogP contribution in [0.15, 0.2) is 6.07 Å². The highest BCUT2D eigenvalue weighted by Crippen LogP contribution is 2.37. The molecule has 7 heteroatoms. The molecule has 0 bridgehead atoms. The summed E-state index contributed by atoms with van der Waals surface area (Å²) in [4.78, 5) is 26.2. The number of aromatic amines is 1. The summed E-state index contributed by atoms with van der Waals surface area (Å²) in [6.45, 7) is 7.46. The Bertz CT molecular complexity index is 596. The van der Waals surface area contributed by atoms with Gasteiger partial charge in [0.1, 0.15) is 5.69 Å². The first kappa shape index (κ1) is 17.4. The van der Waals surface area contributed by atoms with E-state index in [2.05, 4.69) is 36.3 Å². The number of hydrogen-bond acceptors (Lipinski definition) is 3. The summed E-state index contributed by atoms with van der Waals surface area (Å²) < 4.78 is 0. The van der Waals surface area contributed by atoms with E-state index in [1.165, 1.54) is 0 Å². The molecule has 0 radical (unpaired) electrons. The summed E-state index contributed by atoms with van der Waals surface area (Å²) in [6, 6.07) is 1.90. The zero-order chi connectivity index (χ0) is 15.9. The van der Waals surface area contributed by atoms with Gasteiger partial charge in [-0.1, -0.05) is 20.8 Å². The first-order valence-corrected chi connectivity index (χ1v) is 8.10. The molecule has 1 saturated heterocycles. The molecule has 1 saturated carbocycles. The molecule has 23 heavy (non-hydrogen) atoms. The van der Waals surface area contributed by atoms with Gasteiger partial charge in [0, 0.05) is 33.6 Å². The highest BCUT2D eigenvalue weighted by Gasteiger charge is 2.40. The molecule has 2 fully saturated rings. The Morgan fingerprint density at radius 2 is 2.17 bits per heavy atom. The van der Waals surface area contributed by atoms with Crippen LogP contribution in [0.25, 0.3) is 0 Å². The third-order valence-corrected chi connectivity index (χ3v) is 4.71. The predicted octanol–water partition coefficient (Wildman–Crippen LogP) is 2.16. The van der Waals surface area contributed by atoms with Crippen LogP contribution in [0, 0.1) is 11.8 Å². The van der Waals surface area contributed by atoms with Crippen molar-refractivity contribution < 1.29 is 17.1 Å². The van der Waals surface area contributed by atoms with Crippen LogP contribution >= 0.6 is 0 Å². The number of nitrogens with zero attached hydrogens (tertiary/aromatic N) is 2. The number of aromatic nitrogens is 2. The second-order valence-corrected chi connectivity index (χ2v) is 6.93. The Hall–Kier alpha value is -1.92. The lowest BCUT2D eigenvalue weighted by Crippen LogP contribution is -2.39. The Balaban J connectivity index is 0.00000192. The van der Waals surface area contributed by atoms with Gasteiger partial charge >= 0.3 is 0 Å². The van der Waals surface area contributed by atoms with E-state index < -0.39 is 0 Å². The number of hydrogen-bond donors (Lipinski definition) is 2. The fourth-order valence-corrected chi connectivity index (χ4v) is 2.96. The minimum absolute atomic E-state index is 0. The van der Waals surface area contributed by atoms with E-state index in [9.17, 15) is 9.59 Å². The van der Waals surface area contributed by atoms with Crippen molar-refractivity contribution in [3.8, 4) is 0 Å². The molecular formula is C16H29FN4O2. The van der Waals surface area contributed by atoms with Crippen molar-refractivity contribution in [2.75, 3.05) is 13.1 Å². The lowest BCUT2D eigenvalue weighted by Gasteiger charge is -2.16. The van der Waals surface area contributed by atoms with Crippen molar-refractivity contribution in [3.63, 3.8) is 0 Å². The van der Waals surface area contributed by atoms with Gasteiger partial charge in [-0.15, -0.1) is 0 Å². The van der Waals surface area contributed by atoms with Crippen molar-refractivity contribution in [1.29, 1.82) is 0 Å². The molecule has 2 amide bonds. The molecule has 2 heterocycles. The molecular weight excluding hydrogens is 299 g/mol. The molecule has 0 unspecified atom stereocenters. The summed E-state index contributed by atoms with van der Waals surface area (Å²) in [7, 11) is 0. The van der Waals surface area contributed by atoms with Crippen molar-refractivity contribution >= 4 is 11.8 Å². The van der Waals surface area contributed by atoms with Crippen LogP contribution in [0.1, 0.15) is 58.6 Å². The van der Waals surface area contributed by atoms with Gasteiger partial charge in [0.05, 0.1) is 0 Å². The summed E-state index contributed by atoms with van der Waals surface area (Å²) in [6.07, 6.45) is 1.81. The average Bonchev–Trinajstić information content (AvgIpc) is 2.93. The van der Waals surface area contributed by atoms with E-state index in [0.717, 1.165) is 18.5 Å². The van der Waals surface area contributed by atoms with E-state index in [-0.39, 0.29) is 31.3 Å². The van der Waals surface area contributed by atoms with Crippen LogP contribution in [0.3, 0.4) is 0 Å². The van der Waals surface area contributed by atoms with Gasteiger partial charge in [0.15, 0.2) is 0 Å². The first-order valence-electron chi connectivity index (χ1n) is 8.10. The SMILES string of the molecule is CC(C)c1cc(C(=O)N2CC[C@@H](NC(=O)[C@H]3C[C@H]3C)C2)n[nH]1.F.[HH].[HH]. The van der Waals surface area contributed by atoms with Gasteiger partial charge in [-0.05, 0) is 30.7 Å². The number of carbonyl (C=O) groups excluding carboxylic acids is 2. The van der Waals surface area contributed by atoms with Gasteiger partial charge < -0.3 is 10.2 Å². The number of nitrogens with one attached hydrogen (secondary N) is 2. The van der Waals surface area contributed by atoms with Gasteiger partial charge in [0.2, 0.25) is 5.91 Å². The quantitative estimate of drug-likeness (QED) is 0.889. The fraction of sp³-hybridized carbons (Fsp3) is 0.688. The molecule has 0 aromatic carbocycles. The van der Waals surface area contributed by atoms with Crippen LogP contribution < -0.4 is 5.32 Å². The van der Waals surface area contributed by atoms with E-state index >= 15 is 0 Å². The Kier molecular flexibility index (Phi) is 5.06. The van der Waals surface area contributed by atoms with Crippen LogP contribution in [0.2, 0.25) is 0 Å². The number of amides is 2. The van der Waals surface area contributed by atoms with Crippen molar-refractivity contribution in [1.82, 2.24) is 20.4 Å². The van der Waals surface area contributed by atoms with E-state index in [1.807, 2.05) is 6.07 Å². The predicted molar refractivity (Wildman–Crippen MR) is 89.1 cm³/mol. The smallest absolute Gasteiger partial charge is 0.274 e. The molecule has 1 aliphatic heterocycles. The highest BCUT2D eigenvalue weighted by atomic mass is 19.0. The maximum Gasteiger partial charge on any atom is 0.274 e. The number of rotatable bonds is 4. The first-order chi connectivity index (χ1) is 10.5. The Morgan fingerprint density at radius 1 is 1.48 bits per heavy atom. The minimum Gasteiger partial charge on any atom is -0.351 e. The molecule has 132 valence electrons. The molecule has 1 aliphatic carbocycles. The summed E-state index contributed by atoms with van der Waals surface area (Å²) in [5.74, 6) is 1.11. The van der Waals surface area contributed by atoms with E-state index in [4.69, 9.17) is 0 Å². The van der Waals surface area contributed by atoms with E-state index in [0.29, 0.717) is 30.6 Å². The largest absolute Gasteiger partial charge is 0.351 e. The number of carbonyl (C=O) groups is 2. The lowest BCUT2D eigenvalue weighted by atomic mass is 10.1. The van der Waals surface area contributed by atoms with Crippen molar-refractivity contribution in [2.45, 2.75) is 45.6 Å². The second kappa shape index (κ2) is 6.68. The van der Waals surface area contributed by atoms with Crippen LogP contribution in [-0.2, 0) is 4.79 Å². The van der Waals surface area contributed by atoms with Crippen molar-refractivity contribution in [3.05, 3.63) is 17.5 Å². The number of likely N-dealkylation sites (tertiary alicyclic amines) is 1. The monoisotopic (exact) mass is 328 g/mol. The summed E-state index contributed by atoms with van der Waals surface area (Å²) in [5.41, 5.74) is 1.43. The molecule has 2 aliphatic rings. The standard InChI is InChI=1S/C16H24N4O2.FH.2H2/c1-9(2)13-7-14(19-18-13)16(22)20-5-4-11(8-20)17-15(21)12-6-10(12)3;;;/h7,9-12H,4-6,8H2,1-3H3,(H,17,21)(H,18,19);3*1H/t10-,11-,12+;;;/m1.../s1. The Labute approximate surface area is 138 Å². The third kappa shape index (κ3) is 3.71. The normalized spacial score (nSPS) is 26.1. The van der Waals surface area contributed by atoms with Crippen LogP contribution in [-0.4, -0.2) is 46.0 Å². The molecule has 3 rings (SSSR count). The third-order valence-electron chi connectivity index (χ3n) is 4.71. The summed E-state index contributed by atoms with van der Waals surface area (Å²) in [5, 5.41) is 10.1. The Morgan fingerprint density at radius 3 is 2.74 bits per heavy atom. The zero-order valence-electron chi connectivity index (χ0n) is 13.8. The van der Waals surface area contributed by atoms with Crippen LogP contribution in [0.4, 0.5) is 4.70 Å². The average molecular weight is 328 g/mol. The number of H-pyrrole nitrogens is 1. The van der Waals surface area contributed by atoms with E-state index in [1.54, 1.807) is 4.90 Å². The molecule has 1 aromatic heterocycles. The zero-order valence-corrected chi connectivity index (χ0v) is 13.8. The fourth-order valence-electron chi connectivity index (χ4n) is 2.96. The van der Waals surface area contributed by atoms with Gasteiger partial charge in [-0.25, -0.2) is 0 Å². The maximum atomic E-state index is 12.4. The van der Waals surface area contributed by atoms with Gasteiger partial charge in [0.25, 0.3) is 5.91 Å². The molecule has 6 nitrogen and oxygen atoms in total. The second-order valence-electron chi connectivity index (χ2n) is 6.93.